The van der Waals surface area contributed by atoms with Gasteiger partial charge in [-0.15, -0.1) is 0 Å². The van der Waals surface area contributed by atoms with Crippen molar-refractivity contribution in [2.75, 3.05) is 26.7 Å². The van der Waals surface area contributed by atoms with Crippen LogP contribution in [-0.4, -0.2) is 31.6 Å². The number of benzene rings is 1. The second-order valence-electron chi connectivity index (χ2n) is 4.78. The van der Waals surface area contributed by atoms with E-state index >= 15 is 0 Å². The van der Waals surface area contributed by atoms with Crippen molar-refractivity contribution in [1.29, 1.82) is 0 Å². The van der Waals surface area contributed by atoms with E-state index in [0.29, 0.717) is 0 Å². The molecule has 1 saturated heterocycles. The van der Waals surface area contributed by atoms with Gasteiger partial charge in [0.2, 0.25) is 0 Å². The standard InChI is InChI=1S/C13H18F2N2/c1-13(14,15)11-5-3-10(4-6-11)12-9-17(2)8-7-16-12/h3-6,12,16H,7-9H2,1-2H3. The number of nitrogens with one attached hydrogen (secondary N) is 1. The zero-order valence-electron chi connectivity index (χ0n) is 10.2. The van der Waals surface area contributed by atoms with Crippen LogP contribution < -0.4 is 5.32 Å². The van der Waals surface area contributed by atoms with Crippen LogP contribution in [0, 0.1) is 0 Å². The third-order valence-electron chi connectivity index (χ3n) is 3.20. The van der Waals surface area contributed by atoms with Gasteiger partial charge in [0.15, 0.2) is 0 Å². The predicted molar refractivity (Wildman–Crippen MR) is 64.3 cm³/mol. The minimum Gasteiger partial charge on any atom is -0.308 e. The maximum atomic E-state index is 13.1. The molecule has 1 aliphatic rings. The molecule has 2 rings (SSSR count). The number of rotatable bonds is 2. The summed E-state index contributed by atoms with van der Waals surface area (Å²) in [5, 5.41) is 3.39. The Balaban J connectivity index is 2.12. The van der Waals surface area contributed by atoms with E-state index in [2.05, 4.69) is 17.3 Å². The van der Waals surface area contributed by atoms with Crippen LogP contribution in [0.15, 0.2) is 24.3 Å². The fourth-order valence-electron chi connectivity index (χ4n) is 2.13. The molecule has 1 aromatic carbocycles. The van der Waals surface area contributed by atoms with Crippen molar-refractivity contribution in [3.05, 3.63) is 35.4 Å². The number of hydrogen-bond acceptors (Lipinski definition) is 2. The highest BCUT2D eigenvalue weighted by Gasteiger charge is 2.24. The highest BCUT2D eigenvalue weighted by Crippen LogP contribution is 2.28. The molecule has 0 bridgehead atoms. The Morgan fingerprint density at radius 1 is 1.29 bits per heavy atom. The predicted octanol–water partition coefficient (Wildman–Crippen LogP) is 2.37. The van der Waals surface area contributed by atoms with E-state index < -0.39 is 5.92 Å². The molecule has 1 aliphatic heterocycles. The van der Waals surface area contributed by atoms with Crippen LogP contribution in [0.3, 0.4) is 0 Å². The van der Waals surface area contributed by atoms with Crippen LogP contribution in [0.4, 0.5) is 8.78 Å². The van der Waals surface area contributed by atoms with Gasteiger partial charge in [-0.2, -0.15) is 0 Å². The third-order valence-corrected chi connectivity index (χ3v) is 3.20. The van der Waals surface area contributed by atoms with Crippen LogP contribution in [0.1, 0.15) is 24.1 Å². The zero-order chi connectivity index (χ0) is 12.5. The first-order valence-electron chi connectivity index (χ1n) is 5.87. The number of hydrogen-bond donors (Lipinski definition) is 1. The summed E-state index contributed by atoms with van der Waals surface area (Å²) in [4.78, 5) is 2.24. The fraction of sp³-hybridized carbons (Fsp3) is 0.538. The number of alkyl halides is 2. The van der Waals surface area contributed by atoms with Gasteiger partial charge in [0.25, 0.3) is 5.92 Å². The van der Waals surface area contributed by atoms with Crippen LogP contribution in [0.2, 0.25) is 0 Å². The average molecular weight is 240 g/mol. The van der Waals surface area contributed by atoms with Crippen LogP contribution >= 0.6 is 0 Å². The fourth-order valence-corrected chi connectivity index (χ4v) is 2.13. The van der Waals surface area contributed by atoms with Gasteiger partial charge in [0, 0.05) is 38.2 Å². The Morgan fingerprint density at radius 3 is 2.47 bits per heavy atom. The quantitative estimate of drug-likeness (QED) is 0.853. The van der Waals surface area contributed by atoms with Gasteiger partial charge in [-0.1, -0.05) is 24.3 Å². The summed E-state index contributed by atoms with van der Waals surface area (Å²) in [7, 11) is 2.07. The smallest absolute Gasteiger partial charge is 0.270 e. The topological polar surface area (TPSA) is 15.3 Å². The molecule has 0 amide bonds. The molecule has 1 aromatic rings. The van der Waals surface area contributed by atoms with E-state index in [4.69, 9.17) is 0 Å². The van der Waals surface area contributed by atoms with Crippen molar-refractivity contribution in [2.24, 2.45) is 0 Å². The minimum absolute atomic E-state index is 0.0745. The molecule has 0 spiro atoms. The molecule has 4 heteroatoms. The number of halogens is 2. The average Bonchev–Trinajstić information content (AvgIpc) is 2.28. The van der Waals surface area contributed by atoms with Crippen molar-refractivity contribution in [1.82, 2.24) is 10.2 Å². The molecule has 17 heavy (non-hydrogen) atoms. The van der Waals surface area contributed by atoms with Crippen LogP contribution in [0.5, 0.6) is 0 Å². The number of likely N-dealkylation sites (N-methyl/N-ethyl adjacent to an activating group) is 1. The zero-order valence-corrected chi connectivity index (χ0v) is 10.2. The first kappa shape index (κ1) is 12.5. The summed E-state index contributed by atoms with van der Waals surface area (Å²) in [5.41, 5.74) is 1.15. The van der Waals surface area contributed by atoms with E-state index in [1.54, 1.807) is 12.1 Å². The first-order chi connectivity index (χ1) is 7.97. The lowest BCUT2D eigenvalue weighted by Gasteiger charge is -2.31. The van der Waals surface area contributed by atoms with Crippen molar-refractivity contribution < 1.29 is 8.78 Å². The molecule has 0 saturated carbocycles. The molecule has 1 unspecified atom stereocenters. The van der Waals surface area contributed by atoms with Crippen LogP contribution in [-0.2, 0) is 5.92 Å². The molecule has 1 N–H and O–H groups in total. The monoisotopic (exact) mass is 240 g/mol. The maximum Gasteiger partial charge on any atom is 0.270 e. The Hall–Kier alpha value is -1.00. The second-order valence-corrected chi connectivity index (χ2v) is 4.78. The first-order valence-corrected chi connectivity index (χ1v) is 5.87. The number of piperazine rings is 1. The lowest BCUT2D eigenvalue weighted by molar-refractivity contribution is 0.0174. The molecular formula is C13H18F2N2. The van der Waals surface area contributed by atoms with Gasteiger partial charge >= 0.3 is 0 Å². The SMILES string of the molecule is CN1CCNC(c2ccc(C(C)(F)F)cc2)C1. The second kappa shape index (κ2) is 4.70. The van der Waals surface area contributed by atoms with Gasteiger partial charge in [-0.3, -0.25) is 0 Å². The van der Waals surface area contributed by atoms with Crippen molar-refractivity contribution >= 4 is 0 Å². The van der Waals surface area contributed by atoms with E-state index in [1.165, 1.54) is 12.1 Å². The summed E-state index contributed by atoms with van der Waals surface area (Å²) >= 11 is 0. The molecular weight excluding hydrogens is 222 g/mol. The van der Waals surface area contributed by atoms with Gasteiger partial charge in [0.05, 0.1) is 0 Å². The molecule has 1 heterocycles. The minimum atomic E-state index is -2.75. The van der Waals surface area contributed by atoms with Gasteiger partial charge in [-0.25, -0.2) is 8.78 Å². The summed E-state index contributed by atoms with van der Waals surface area (Å²) in [6.07, 6.45) is 0. The lowest BCUT2D eigenvalue weighted by atomic mass is 10.0. The molecule has 2 nitrogen and oxygen atoms in total. The maximum absolute atomic E-state index is 13.1. The highest BCUT2D eigenvalue weighted by atomic mass is 19.3. The largest absolute Gasteiger partial charge is 0.308 e. The Bertz CT molecular complexity index is 370. The van der Waals surface area contributed by atoms with E-state index in [9.17, 15) is 8.78 Å². The molecule has 94 valence electrons. The molecule has 1 fully saturated rings. The Morgan fingerprint density at radius 2 is 1.94 bits per heavy atom. The summed E-state index contributed by atoms with van der Waals surface area (Å²) < 4.78 is 26.1. The van der Waals surface area contributed by atoms with Crippen molar-refractivity contribution in [2.45, 2.75) is 18.9 Å². The Kier molecular flexibility index (Phi) is 3.45. The van der Waals surface area contributed by atoms with E-state index in [-0.39, 0.29) is 11.6 Å². The highest BCUT2D eigenvalue weighted by molar-refractivity contribution is 5.28. The van der Waals surface area contributed by atoms with Crippen molar-refractivity contribution in [3.63, 3.8) is 0 Å². The van der Waals surface area contributed by atoms with Gasteiger partial charge in [-0.05, 0) is 12.6 Å². The van der Waals surface area contributed by atoms with Crippen LogP contribution in [0.25, 0.3) is 0 Å². The number of nitrogens with zero attached hydrogens (tertiary/aromatic N) is 1. The molecule has 0 aromatic heterocycles. The third kappa shape index (κ3) is 3.01. The summed E-state index contributed by atoms with van der Waals surface area (Å²) in [5.74, 6) is -2.75. The van der Waals surface area contributed by atoms with Crippen molar-refractivity contribution in [3.8, 4) is 0 Å². The Labute approximate surface area is 101 Å². The summed E-state index contributed by atoms with van der Waals surface area (Å²) in [6, 6.07) is 6.87. The van der Waals surface area contributed by atoms with E-state index in [0.717, 1.165) is 32.1 Å². The molecule has 0 aliphatic carbocycles. The van der Waals surface area contributed by atoms with Gasteiger partial charge in [0.1, 0.15) is 0 Å². The molecule has 1 atom stereocenters. The molecule has 0 radical (unpaired) electrons. The normalized spacial score (nSPS) is 22.7. The lowest BCUT2D eigenvalue weighted by Crippen LogP contribution is -2.43. The summed E-state index contributed by atoms with van der Waals surface area (Å²) in [6.45, 7) is 3.81. The van der Waals surface area contributed by atoms with E-state index in [1.807, 2.05) is 0 Å². The van der Waals surface area contributed by atoms with Gasteiger partial charge < -0.3 is 10.2 Å².